The Kier molecular flexibility index (Phi) is 4.59. The number of methoxy groups -OCH3 is 1. The predicted molar refractivity (Wildman–Crippen MR) is 58.1 cm³/mol. The Hall–Kier alpha value is -1.06. The van der Waals surface area contributed by atoms with Gasteiger partial charge in [0.05, 0.1) is 6.61 Å². The number of aryl methyl sites for hydroxylation is 1. The zero-order chi connectivity index (χ0) is 11.3. The van der Waals surface area contributed by atoms with Crippen molar-refractivity contribution < 1.29 is 14.6 Å². The van der Waals surface area contributed by atoms with E-state index in [2.05, 4.69) is 0 Å². The standard InChI is InChI=1S/C11H13ClO3/c1-15-7-9-2-4-10(12)6-8(9)3-5-11(13)14/h2,4,6H,3,5,7H2,1H3,(H,13,14). The highest BCUT2D eigenvalue weighted by Gasteiger charge is 2.05. The average Bonchev–Trinajstić information content (AvgIpc) is 2.18. The molecule has 0 atom stereocenters. The third kappa shape index (κ3) is 3.90. The lowest BCUT2D eigenvalue weighted by molar-refractivity contribution is -0.136. The number of aliphatic carboxylic acids is 1. The Balaban J connectivity index is 2.81. The molecule has 1 N–H and O–H groups in total. The molecule has 0 amide bonds. The molecule has 0 unspecified atom stereocenters. The number of benzene rings is 1. The highest BCUT2D eigenvalue weighted by atomic mass is 35.5. The first-order valence-corrected chi connectivity index (χ1v) is 4.99. The lowest BCUT2D eigenvalue weighted by Crippen LogP contribution is -2.01. The third-order valence-corrected chi connectivity index (χ3v) is 2.31. The van der Waals surface area contributed by atoms with Crippen LogP contribution in [-0.2, 0) is 22.6 Å². The van der Waals surface area contributed by atoms with Gasteiger partial charge in [-0.05, 0) is 29.7 Å². The van der Waals surface area contributed by atoms with Crippen molar-refractivity contribution in [1.82, 2.24) is 0 Å². The van der Waals surface area contributed by atoms with Gasteiger partial charge in [0.1, 0.15) is 0 Å². The first-order chi connectivity index (χ1) is 7.13. The van der Waals surface area contributed by atoms with Crippen LogP contribution < -0.4 is 0 Å². The van der Waals surface area contributed by atoms with E-state index in [1.54, 1.807) is 19.2 Å². The second-order valence-electron chi connectivity index (χ2n) is 3.24. The molecule has 1 aromatic rings. The molecule has 0 spiro atoms. The summed E-state index contributed by atoms with van der Waals surface area (Å²) in [5.74, 6) is -0.807. The highest BCUT2D eigenvalue weighted by Crippen LogP contribution is 2.18. The van der Waals surface area contributed by atoms with E-state index in [0.717, 1.165) is 11.1 Å². The summed E-state index contributed by atoms with van der Waals surface area (Å²) in [6, 6.07) is 5.43. The average molecular weight is 229 g/mol. The second-order valence-corrected chi connectivity index (χ2v) is 3.68. The molecule has 0 aliphatic heterocycles. The molecule has 0 aliphatic carbocycles. The minimum atomic E-state index is -0.807. The van der Waals surface area contributed by atoms with Crippen molar-refractivity contribution >= 4 is 17.6 Å². The molecule has 0 bridgehead atoms. The minimum Gasteiger partial charge on any atom is -0.481 e. The van der Waals surface area contributed by atoms with E-state index in [0.29, 0.717) is 18.1 Å². The van der Waals surface area contributed by atoms with Crippen molar-refractivity contribution in [3.8, 4) is 0 Å². The third-order valence-electron chi connectivity index (χ3n) is 2.08. The molecule has 15 heavy (non-hydrogen) atoms. The number of carboxylic acids is 1. The van der Waals surface area contributed by atoms with Crippen LogP contribution >= 0.6 is 11.6 Å². The van der Waals surface area contributed by atoms with Crippen LogP contribution in [0.5, 0.6) is 0 Å². The second kappa shape index (κ2) is 5.73. The fourth-order valence-corrected chi connectivity index (χ4v) is 1.56. The normalized spacial score (nSPS) is 10.3. The zero-order valence-corrected chi connectivity index (χ0v) is 9.25. The molecule has 0 fully saturated rings. The summed E-state index contributed by atoms with van der Waals surface area (Å²) in [6.07, 6.45) is 0.589. The molecule has 1 rings (SSSR count). The SMILES string of the molecule is COCc1ccc(Cl)cc1CCC(=O)O. The van der Waals surface area contributed by atoms with Crippen molar-refractivity contribution in [3.63, 3.8) is 0 Å². The van der Waals surface area contributed by atoms with Crippen molar-refractivity contribution in [2.24, 2.45) is 0 Å². The Morgan fingerprint density at radius 2 is 2.20 bits per heavy atom. The number of hydrogen-bond donors (Lipinski definition) is 1. The van der Waals surface area contributed by atoms with Gasteiger partial charge < -0.3 is 9.84 Å². The van der Waals surface area contributed by atoms with Crippen LogP contribution in [-0.4, -0.2) is 18.2 Å². The van der Waals surface area contributed by atoms with Gasteiger partial charge in [0, 0.05) is 18.6 Å². The zero-order valence-electron chi connectivity index (χ0n) is 8.50. The van der Waals surface area contributed by atoms with Crippen molar-refractivity contribution in [3.05, 3.63) is 34.3 Å². The summed E-state index contributed by atoms with van der Waals surface area (Å²) in [6.45, 7) is 0.478. The lowest BCUT2D eigenvalue weighted by atomic mass is 10.0. The molecule has 3 nitrogen and oxygen atoms in total. The van der Waals surface area contributed by atoms with Gasteiger partial charge in [-0.3, -0.25) is 4.79 Å². The molecule has 82 valence electrons. The van der Waals surface area contributed by atoms with E-state index in [1.165, 1.54) is 0 Å². The molecule has 0 saturated heterocycles. The minimum absolute atomic E-state index is 0.108. The maximum absolute atomic E-state index is 10.5. The van der Waals surface area contributed by atoms with Gasteiger partial charge >= 0.3 is 5.97 Å². The molecule has 4 heteroatoms. The van der Waals surface area contributed by atoms with E-state index in [1.807, 2.05) is 6.07 Å². The molecular formula is C11H13ClO3. The molecule has 0 aliphatic rings. The molecule has 0 radical (unpaired) electrons. The van der Waals surface area contributed by atoms with E-state index < -0.39 is 5.97 Å². The summed E-state index contributed by atoms with van der Waals surface area (Å²) >= 11 is 5.84. The van der Waals surface area contributed by atoms with Crippen molar-refractivity contribution in [2.75, 3.05) is 7.11 Å². The van der Waals surface area contributed by atoms with Gasteiger partial charge in [-0.25, -0.2) is 0 Å². The largest absolute Gasteiger partial charge is 0.481 e. The lowest BCUT2D eigenvalue weighted by Gasteiger charge is -2.08. The number of hydrogen-bond acceptors (Lipinski definition) is 2. The van der Waals surface area contributed by atoms with Crippen LogP contribution in [0.1, 0.15) is 17.5 Å². The fourth-order valence-electron chi connectivity index (χ4n) is 1.37. The van der Waals surface area contributed by atoms with E-state index >= 15 is 0 Å². The first-order valence-electron chi connectivity index (χ1n) is 4.61. The summed E-state index contributed by atoms with van der Waals surface area (Å²) in [7, 11) is 1.61. The van der Waals surface area contributed by atoms with Crippen LogP contribution in [0.3, 0.4) is 0 Å². The van der Waals surface area contributed by atoms with Crippen LogP contribution in [0.2, 0.25) is 5.02 Å². The summed E-state index contributed by atoms with van der Waals surface area (Å²) < 4.78 is 5.02. The molecule has 0 heterocycles. The fraction of sp³-hybridized carbons (Fsp3) is 0.364. The summed E-state index contributed by atoms with van der Waals surface area (Å²) in [5, 5.41) is 9.22. The van der Waals surface area contributed by atoms with Crippen LogP contribution in [0, 0.1) is 0 Å². The quantitative estimate of drug-likeness (QED) is 0.842. The van der Waals surface area contributed by atoms with E-state index in [-0.39, 0.29) is 6.42 Å². The summed E-state index contributed by atoms with van der Waals surface area (Å²) in [5.41, 5.74) is 1.93. The Labute approximate surface area is 93.6 Å². The van der Waals surface area contributed by atoms with Crippen molar-refractivity contribution in [1.29, 1.82) is 0 Å². The molecule has 0 saturated carbocycles. The number of rotatable bonds is 5. The molecule has 0 aromatic heterocycles. The van der Waals surface area contributed by atoms with Gasteiger partial charge in [-0.15, -0.1) is 0 Å². The Bertz CT molecular complexity index is 350. The van der Waals surface area contributed by atoms with Gasteiger partial charge in [0.2, 0.25) is 0 Å². The Morgan fingerprint density at radius 3 is 2.80 bits per heavy atom. The molecule has 1 aromatic carbocycles. The number of carbonyl (C=O) groups is 1. The van der Waals surface area contributed by atoms with Crippen molar-refractivity contribution in [2.45, 2.75) is 19.4 Å². The maximum atomic E-state index is 10.5. The van der Waals surface area contributed by atoms with Gasteiger partial charge in [0.15, 0.2) is 0 Å². The van der Waals surface area contributed by atoms with Gasteiger partial charge in [-0.2, -0.15) is 0 Å². The maximum Gasteiger partial charge on any atom is 0.303 e. The summed E-state index contributed by atoms with van der Waals surface area (Å²) in [4.78, 5) is 10.5. The predicted octanol–water partition coefficient (Wildman–Crippen LogP) is 2.50. The van der Waals surface area contributed by atoms with Crippen LogP contribution in [0.25, 0.3) is 0 Å². The first kappa shape index (κ1) is 12.0. The van der Waals surface area contributed by atoms with Gasteiger partial charge in [0.25, 0.3) is 0 Å². The van der Waals surface area contributed by atoms with Gasteiger partial charge in [-0.1, -0.05) is 17.7 Å². The number of carboxylic acid groups (broad SMARTS) is 1. The van der Waals surface area contributed by atoms with E-state index in [4.69, 9.17) is 21.4 Å². The van der Waals surface area contributed by atoms with Crippen LogP contribution in [0.15, 0.2) is 18.2 Å². The molecular weight excluding hydrogens is 216 g/mol. The van der Waals surface area contributed by atoms with Crippen LogP contribution in [0.4, 0.5) is 0 Å². The number of halogens is 1. The number of ether oxygens (including phenoxy) is 1. The smallest absolute Gasteiger partial charge is 0.303 e. The highest BCUT2D eigenvalue weighted by molar-refractivity contribution is 6.30. The Morgan fingerprint density at radius 1 is 1.47 bits per heavy atom. The monoisotopic (exact) mass is 228 g/mol. The van der Waals surface area contributed by atoms with E-state index in [9.17, 15) is 4.79 Å². The topological polar surface area (TPSA) is 46.5 Å².